The van der Waals surface area contributed by atoms with Gasteiger partial charge in [0.25, 0.3) is 0 Å². The Balaban J connectivity index is 1.66. The third-order valence-corrected chi connectivity index (χ3v) is 3.82. The zero-order valence-corrected chi connectivity index (χ0v) is 10.9. The number of amides is 1. The molecule has 0 spiro atoms. The number of carbonyl (C=O) groups is 1. The monoisotopic (exact) mass is 263 g/mol. The fourth-order valence-electron chi connectivity index (χ4n) is 2.77. The molecule has 1 saturated heterocycles. The van der Waals surface area contributed by atoms with Crippen molar-refractivity contribution in [2.75, 3.05) is 44.2 Å². The topological polar surface area (TPSA) is 35.6 Å². The van der Waals surface area contributed by atoms with E-state index in [1.165, 1.54) is 12.1 Å². The Bertz CT molecular complexity index is 486. The first-order chi connectivity index (χ1) is 9.24. The first-order valence-electron chi connectivity index (χ1n) is 6.76. The number of hydrogen-bond donors (Lipinski definition) is 1. The van der Waals surface area contributed by atoms with Crippen LogP contribution >= 0.6 is 0 Å². The molecule has 0 saturated carbocycles. The number of piperazine rings is 1. The number of nitrogens with zero attached hydrogens (tertiary/aromatic N) is 2. The highest BCUT2D eigenvalue weighted by molar-refractivity contribution is 6.01. The third kappa shape index (κ3) is 2.62. The van der Waals surface area contributed by atoms with Crippen LogP contribution < -0.4 is 10.2 Å². The van der Waals surface area contributed by atoms with Crippen LogP contribution in [0.15, 0.2) is 18.2 Å². The molecule has 3 rings (SSSR count). The second-order valence-corrected chi connectivity index (χ2v) is 5.09. The number of carbonyl (C=O) groups excluding carboxylic acids is 1. The molecule has 2 aliphatic heterocycles. The van der Waals surface area contributed by atoms with Gasteiger partial charge in [0.05, 0.1) is 6.42 Å². The first-order valence-corrected chi connectivity index (χ1v) is 6.76. The van der Waals surface area contributed by atoms with Gasteiger partial charge in [-0.3, -0.25) is 9.69 Å². The summed E-state index contributed by atoms with van der Waals surface area (Å²) in [6, 6.07) is 4.61. The molecule has 1 amide bonds. The van der Waals surface area contributed by atoms with Crippen LogP contribution in [0.4, 0.5) is 10.1 Å². The van der Waals surface area contributed by atoms with Crippen LogP contribution in [0.3, 0.4) is 0 Å². The van der Waals surface area contributed by atoms with Gasteiger partial charge in [0.1, 0.15) is 5.82 Å². The lowest BCUT2D eigenvalue weighted by Gasteiger charge is -2.29. The summed E-state index contributed by atoms with van der Waals surface area (Å²) in [5.74, 6) is -0.189. The average Bonchev–Trinajstić information content (AvgIpc) is 2.72. The van der Waals surface area contributed by atoms with Gasteiger partial charge >= 0.3 is 0 Å². The zero-order chi connectivity index (χ0) is 13.2. The molecule has 5 heteroatoms. The van der Waals surface area contributed by atoms with Crippen LogP contribution in [-0.2, 0) is 11.2 Å². The fraction of sp³-hybridized carbons (Fsp3) is 0.500. The Kier molecular flexibility index (Phi) is 3.48. The Morgan fingerprint density at radius 3 is 2.79 bits per heavy atom. The molecular weight excluding hydrogens is 245 g/mol. The highest BCUT2D eigenvalue weighted by Crippen LogP contribution is 2.29. The molecule has 2 heterocycles. The molecule has 0 unspecified atom stereocenters. The minimum Gasteiger partial charge on any atom is -0.314 e. The number of hydrogen-bond acceptors (Lipinski definition) is 3. The molecule has 19 heavy (non-hydrogen) atoms. The molecule has 0 aliphatic carbocycles. The second kappa shape index (κ2) is 5.27. The molecule has 0 radical (unpaired) electrons. The maximum Gasteiger partial charge on any atom is 0.231 e. The van der Waals surface area contributed by atoms with Crippen molar-refractivity contribution in [1.82, 2.24) is 10.2 Å². The van der Waals surface area contributed by atoms with Gasteiger partial charge in [0.2, 0.25) is 5.91 Å². The molecule has 0 aromatic heterocycles. The molecule has 1 aromatic rings. The van der Waals surface area contributed by atoms with E-state index in [9.17, 15) is 9.18 Å². The van der Waals surface area contributed by atoms with Gasteiger partial charge in [-0.25, -0.2) is 4.39 Å². The van der Waals surface area contributed by atoms with Gasteiger partial charge in [-0.2, -0.15) is 0 Å². The number of fused-ring (bicyclic) bond motifs is 1. The third-order valence-electron chi connectivity index (χ3n) is 3.82. The number of halogens is 1. The molecule has 1 fully saturated rings. The SMILES string of the molecule is O=C1Cc2cc(F)ccc2N1CCN1CCNCC1. The molecule has 0 atom stereocenters. The van der Waals surface area contributed by atoms with Crippen molar-refractivity contribution >= 4 is 11.6 Å². The van der Waals surface area contributed by atoms with Crippen molar-refractivity contribution in [3.63, 3.8) is 0 Å². The summed E-state index contributed by atoms with van der Waals surface area (Å²) < 4.78 is 13.1. The van der Waals surface area contributed by atoms with E-state index in [-0.39, 0.29) is 11.7 Å². The molecule has 2 aliphatic rings. The van der Waals surface area contributed by atoms with Crippen LogP contribution in [0, 0.1) is 5.82 Å². The summed E-state index contributed by atoms with van der Waals surface area (Å²) in [4.78, 5) is 16.1. The molecule has 4 nitrogen and oxygen atoms in total. The average molecular weight is 263 g/mol. The van der Waals surface area contributed by atoms with Crippen LogP contribution in [0.2, 0.25) is 0 Å². The van der Waals surface area contributed by atoms with E-state index in [1.807, 2.05) is 0 Å². The van der Waals surface area contributed by atoms with Gasteiger partial charge in [0, 0.05) is 45.0 Å². The van der Waals surface area contributed by atoms with Gasteiger partial charge in [-0.1, -0.05) is 0 Å². The predicted molar refractivity (Wildman–Crippen MR) is 71.8 cm³/mol. The lowest BCUT2D eigenvalue weighted by molar-refractivity contribution is -0.117. The quantitative estimate of drug-likeness (QED) is 0.868. The lowest BCUT2D eigenvalue weighted by Crippen LogP contribution is -2.46. The van der Waals surface area contributed by atoms with E-state index in [0.29, 0.717) is 13.0 Å². The van der Waals surface area contributed by atoms with Crippen LogP contribution in [0.25, 0.3) is 0 Å². The van der Waals surface area contributed by atoms with E-state index < -0.39 is 0 Å². The van der Waals surface area contributed by atoms with Crippen molar-refractivity contribution in [2.24, 2.45) is 0 Å². The first kappa shape index (κ1) is 12.6. The van der Waals surface area contributed by atoms with E-state index in [0.717, 1.165) is 44.0 Å². The Hall–Kier alpha value is -1.46. The summed E-state index contributed by atoms with van der Waals surface area (Å²) in [7, 11) is 0. The number of anilines is 1. The van der Waals surface area contributed by atoms with Crippen LogP contribution in [-0.4, -0.2) is 50.1 Å². The van der Waals surface area contributed by atoms with Gasteiger partial charge in [-0.15, -0.1) is 0 Å². The second-order valence-electron chi connectivity index (χ2n) is 5.09. The summed E-state index contributed by atoms with van der Waals surface area (Å²) in [5, 5.41) is 3.31. The Labute approximate surface area is 112 Å². The number of benzene rings is 1. The smallest absolute Gasteiger partial charge is 0.231 e. The summed E-state index contributed by atoms with van der Waals surface area (Å²) >= 11 is 0. The highest BCUT2D eigenvalue weighted by atomic mass is 19.1. The normalized spacial score (nSPS) is 19.8. The molecule has 102 valence electrons. The predicted octanol–water partition coefficient (Wildman–Crippen LogP) is 0.620. The maximum absolute atomic E-state index is 13.1. The molecule has 0 bridgehead atoms. The lowest BCUT2D eigenvalue weighted by atomic mass is 10.1. The number of rotatable bonds is 3. The van der Waals surface area contributed by atoms with Gasteiger partial charge < -0.3 is 10.2 Å². The zero-order valence-electron chi connectivity index (χ0n) is 10.9. The van der Waals surface area contributed by atoms with E-state index >= 15 is 0 Å². The largest absolute Gasteiger partial charge is 0.314 e. The molecule has 1 aromatic carbocycles. The van der Waals surface area contributed by atoms with Crippen LogP contribution in [0.1, 0.15) is 5.56 Å². The van der Waals surface area contributed by atoms with E-state index in [1.54, 1.807) is 11.0 Å². The van der Waals surface area contributed by atoms with Crippen molar-refractivity contribution in [2.45, 2.75) is 6.42 Å². The number of nitrogens with one attached hydrogen (secondary N) is 1. The minimum atomic E-state index is -0.268. The maximum atomic E-state index is 13.1. The van der Waals surface area contributed by atoms with Crippen LogP contribution in [0.5, 0.6) is 0 Å². The molecule has 1 N–H and O–H groups in total. The van der Waals surface area contributed by atoms with Crippen molar-refractivity contribution in [1.29, 1.82) is 0 Å². The fourth-order valence-corrected chi connectivity index (χ4v) is 2.77. The Morgan fingerprint density at radius 1 is 1.21 bits per heavy atom. The van der Waals surface area contributed by atoms with Crippen molar-refractivity contribution in [3.05, 3.63) is 29.6 Å². The van der Waals surface area contributed by atoms with Crippen molar-refractivity contribution in [3.8, 4) is 0 Å². The van der Waals surface area contributed by atoms with E-state index in [2.05, 4.69) is 10.2 Å². The van der Waals surface area contributed by atoms with Gasteiger partial charge in [0.15, 0.2) is 0 Å². The van der Waals surface area contributed by atoms with Crippen molar-refractivity contribution < 1.29 is 9.18 Å². The Morgan fingerprint density at radius 2 is 2.00 bits per heavy atom. The summed E-state index contributed by atoms with van der Waals surface area (Å²) in [5.41, 5.74) is 1.69. The standard InChI is InChI=1S/C14H18FN3O/c15-12-1-2-13-11(9-12)10-14(19)18(13)8-7-17-5-3-16-4-6-17/h1-2,9,16H,3-8,10H2. The molecular formula is C14H18FN3O. The minimum absolute atomic E-state index is 0.0794. The highest BCUT2D eigenvalue weighted by Gasteiger charge is 2.27. The van der Waals surface area contributed by atoms with Gasteiger partial charge in [-0.05, 0) is 23.8 Å². The summed E-state index contributed by atoms with van der Waals surface area (Å²) in [6.45, 7) is 5.64. The van der Waals surface area contributed by atoms with E-state index in [4.69, 9.17) is 0 Å². The summed E-state index contributed by atoms with van der Waals surface area (Å²) in [6.07, 6.45) is 0.328.